The molecule has 0 aromatic carbocycles. The number of hydrogen-bond donors (Lipinski definition) is 1. The Kier molecular flexibility index (Phi) is 7.96. The van der Waals surface area contributed by atoms with Crippen LogP contribution < -0.4 is 5.32 Å². The van der Waals surface area contributed by atoms with Crippen LogP contribution in [0, 0.1) is 5.92 Å². The summed E-state index contributed by atoms with van der Waals surface area (Å²) >= 11 is 0. The van der Waals surface area contributed by atoms with Gasteiger partial charge in [0, 0.05) is 25.2 Å². The van der Waals surface area contributed by atoms with E-state index in [1.807, 2.05) is 0 Å². The minimum atomic E-state index is 0.649. The van der Waals surface area contributed by atoms with E-state index in [2.05, 4.69) is 49.9 Å². The number of nitrogens with one attached hydrogen (secondary N) is 1. The molecule has 0 aliphatic carbocycles. The first-order valence-electron chi connectivity index (χ1n) is 8.24. The van der Waals surface area contributed by atoms with E-state index in [1.54, 1.807) is 0 Å². The molecule has 1 aliphatic heterocycles. The molecule has 3 nitrogen and oxygen atoms in total. The highest BCUT2D eigenvalue weighted by Crippen LogP contribution is 2.14. The van der Waals surface area contributed by atoms with Crippen LogP contribution >= 0.6 is 0 Å². The number of rotatable bonds is 7. The van der Waals surface area contributed by atoms with Crippen LogP contribution in [0.5, 0.6) is 0 Å². The Labute approximate surface area is 120 Å². The summed E-state index contributed by atoms with van der Waals surface area (Å²) in [5.41, 5.74) is 0. The molecule has 1 saturated heterocycles. The van der Waals surface area contributed by atoms with Gasteiger partial charge in [0.25, 0.3) is 0 Å². The second-order valence-corrected chi connectivity index (χ2v) is 6.41. The van der Waals surface area contributed by atoms with E-state index >= 15 is 0 Å². The van der Waals surface area contributed by atoms with Crippen molar-refractivity contribution in [2.24, 2.45) is 5.92 Å². The van der Waals surface area contributed by atoms with Crippen molar-refractivity contribution in [1.82, 2.24) is 15.1 Å². The van der Waals surface area contributed by atoms with Gasteiger partial charge in [0.2, 0.25) is 0 Å². The standard InChI is InChI=1S/C16H35N3/c1-6-9-17-16(14(3)7-2)13-19-11-8-10-18(5)12-15(19)4/h14-17H,6-13H2,1-5H3. The predicted octanol–water partition coefficient (Wildman–Crippen LogP) is 2.43. The highest BCUT2D eigenvalue weighted by Gasteiger charge is 2.24. The molecule has 0 amide bonds. The van der Waals surface area contributed by atoms with E-state index in [9.17, 15) is 0 Å². The molecule has 0 aromatic heterocycles. The van der Waals surface area contributed by atoms with Crippen LogP contribution in [0.15, 0.2) is 0 Å². The third-order valence-electron chi connectivity index (χ3n) is 4.60. The smallest absolute Gasteiger partial charge is 0.0220 e. The van der Waals surface area contributed by atoms with Crippen molar-refractivity contribution in [3.63, 3.8) is 0 Å². The van der Waals surface area contributed by atoms with E-state index in [1.165, 1.54) is 45.4 Å². The lowest BCUT2D eigenvalue weighted by Crippen LogP contribution is -2.49. The van der Waals surface area contributed by atoms with Crippen molar-refractivity contribution >= 4 is 0 Å². The van der Waals surface area contributed by atoms with Crippen molar-refractivity contribution in [3.8, 4) is 0 Å². The van der Waals surface area contributed by atoms with E-state index in [4.69, 9.17) is 0 Å². The average Bonchev–Trinajstić information content (AvgIpc) is 2.54. The fraction of sp³-hybridized carbons (Fsp3) is 1.00. The van der Waals surface area contributed by atoms with Crippen LogP contribution in [0.25, 0.3) is 0 Å². The van der Waals surface area contributed by atoms with Gasteiger partial charge >= 0.3 is 0 Å². The summed E-state index contributed by atoms with van der Waals surface area (Å²) in [7, 11) is 2.25. The van der Waals surface area contributed by atoms with E-state index in [0.29, 0.717) is 12.1 Å². The molecule has 3 unspecified atom stereocenters. The Morgan fingerprint density at radius 3 is 2.63 bits per heavy atom. The van der Waals surface area contributed by atoms with Crippen molar-refractivity contribution in [2.45, 2.75) is 59.0 Å². The molecule has 3 heteroatoms. The van der Waals surface area contributed by atoms with Crippen LogP contribution in [-0.2, 0) is 0 Å². The van der Waals surface area contributed by atoms with Crippen molar-refractivity contribution in [1.29, 1.82) is 0 Å². The molecule has 3 atom stereocenters. The number of likely N-dealkylation sites (N-methyl/N-ethyl adjacent to an activating group) is 1. The van der Waals surface area contributed by atoms with Crippen LogP contribution in [0.4, 0.5) is 0 Å². The lowest BCUT2D eigenvalue weighted by atomic mass is 9.98. The molecule has 0 bridgehead atoms. The molecule has 1 rings (SSSR count). The highest BCUT2D eigenvalue weighted by atomic mass is 15.2. The Hall–Kier alpha value is -0.120. The topological polar surface area (TPSA) is 18.5 Å². The first-order chi connectivity index (χ1) is 9.08. The van der Waals surface area contributed by atoms with Gasteiger partial charge in [-0.15, -0.1) is 0 Å². The lowest BCUT2D eigenvalue weighted by molar-refractivity contribution is 0.164. The molecule has 19 heavy (non-hydrogen) atoms. The first kappa shape index (κ1) is 16.9. The maximum Gasteiger partial charge on any atom is 0.0220 e. The Bertz CT molecular complexity index is 230. The lowest BCUT2D eigenvalue weighted by Gasteiger charge is -2.34. The van der Waals surface area contributed by atoms with Gasteiger partial charge in [-0.2, -0.15) is 0 Å². The molecule has 1 N–H and O–H groups in total. The van der Waals surface area contributed by atoms with E-state index < -0.39 is 0 Å². The minimum absolute atomic E-state index is 0.649. The summed E-state index contributed by atoms with van der Waals surface area (Å²) in [5, 5.41) is 3.76. The first-order valence-corrected chi connectivity index (χ1v) is 8.24. The Morgan fingerprint density at radius 2 is 2.00 bits per heavy atom. The summed E-state index contributed by atoms with van der Waals surface area (Å²) in [6, 6.07) is 1.33. The summed E-state index contributed by atoms with van der Waals surface area (Å²) in [6.45, 7) is 15.4. The summed E-state index contributed by atoms with van der Waals surface area (Å²) in [5.74, 6) is 0.764. The second kappa shape index (κ2) is 8.93. The molecule has 1 aliphatic rings. The Morgan fingerprint density at radius 1 is 1.26 bits per heavy atom. The van der Waals surface area contributed by atoms with Gasteiger partial charge in [-0.25, -0.2) is 0 Å². The van der Waals surface area contributed by atoms with Crippen molar-refractivity contribution in [2.75, 3.05) is 39.8 Å². The second-order valence-electron chi connectivity index (χ2n) is 6.41. The molecule has 114 valence electrons. The van der Waals surface area contributed by atoms with Gasteiger partial charge in [0.15, 0.2) is 0 Å². The average molecular weight is 269 g/mol. The summed E-state index contributed by atoms with van der Waals surface area (Å²) in [4.78, 5) is 5.17. The summed E-state index contributed by atoms with van der Waals surface area (Å²) in [6.07, 6.45) is 3.80. The van der Waals surface area contributed by atoms with Crippen LogP contribution in [0.1, 0.15) is 47.0 Å². The third-order valence-corrected chi connectivity index (χ3v) is 4.60. The van der Waals surface area contributed by atoms with E-state index in [-0.39, 0.29) is 0 Å². The van der Waals surface area contributed by atoms with Gasteiger partial charge in [0.1, 0.15) is 0 Å². The highest BCUT2D eigenvalue weighted by molar-refractivity contribution is 4.82. The molecule has 1 heterocycles. The van der Waals surface area contributed by atoms with Crippen molar-refractivity contribution < 1.29 is 0 Å². The van der Waals surface area contributed by atoms with Gasteiger partial charge < -0.3 is 10.2 Å². The zero-order valence-electron chi connectivity index (χ0n) is 13.8. The quantitative estimate of drug-likeness (QED) is 0.766. The Balaban J connectivity index is 2.55. The SMILES string of the molecule is CCCNC(CN1CCCN(C)CC1C)C(C)CC. The molecule has 0 spiro atoms. The van der Waals surface area contributed by atoms with Crippen LogP contribution in [-0.4, -0.2) is 61.7 Å². The number of nitrogens with zero attached hydrogens (tertiary/aromatic N) is 2. The molecule has 1 fully saturated rings. The van der Waals surface area contributed by atoms with Gasteiger partial charge in [-0.1, -0.05) is 27.2 Å². The van der Waals surface area contributed by atoms with Gasteiger partial charge in [-0.05, 0) is 52.4 Å². The largest absolute Gasteiger partial charge is 0.312 e. The third kappa shape index (κ3) is 5.80. The fourth-order valence-corrected chi connectivity index (χ4v) is 3.01. The molecule has 0 saturated carbocycles. The summed E-state index contributed by atoms with van der Waals surface area (Å²) < 4.78 is 0. The molecular formula is C16H35N3. The van der Waals surface area contributed by atoms with Crippen molar-refractivity contribution in [3.05, 3.63) is 0 Å². The van der Waals surface area contributed by atoms with Crippen LogP contribution in [0.2, 0.25) is 0 Å². The molecular weight excluding hydrogens is 234 g/mol. The van der Waals surface area contributed by atoms with Gasteiger partial charge in [0.05, 0.1) is 0 Å². The van der Waals surface area contributed by atoms with Gasteiger partial charge in [-0.3, -0.25) is 4.90 Å². The molecule has 0 aromatic rings. The maximum atomic E-state index is 3.76. The van der Waals surface area contributed by atoms with E-state index in [0.717, 1.165) is 12.5 Å². The number of hydrogen-bond acceptors (Lipinski definition) is 3. The normalized spacial score (nSPS) is 26.1. The monoisotopic (exact) mass is 269 g/mol. The predicted molar refractivity (Wildman–Crippen MR) is 84.7 cm³/mol. The zero-order valence-corrected chi connectivity index (χ0v) is 13.8. The maximum absolute atomic E-state index is 3.76. The van der Waals surface area contributed by atoms with Crippen LogP contribution in [0.3, 0.4) is 0 Å². The zero-order chi connectivity index (χ0) is 14.3. The molecule has 0 radical (unpaired) electrons. The minimum Gasteiger partial charge on any atom is -0.312 e. The fourth-order valence-electron chi connectivity index (χ4n) is 3.01.